The van der Waals surface area contributed by atoms with Gasteiger partial charge in [-0.25, -0.2) is 0 Å². The Kier molecular flexibility index (Phi) is 5.87. The highest BCUT2D eigenvalue weighted by molar-refractivity contribution is 9.15. The monoisotopic (exact) mass is 797 g/mol. The van der Waals surface area contributed by atoms with E-state index in [2.05, 4.69) is 182 Å². The Labute approximate surface area is 257 Å². The average molecular weight is 802 g/mol. The van der Waals surface area contributed by atoms with E-state index in [0.29, 0.717) is 0 Å². The van der Waals surface area contributed by atoms with Crippen LogP contribution in [0.15, 0.2) is 119 Å². The molecule has 0 N–H and O–H groups in total. The quantitative estimate of drug-likeness (QED) is 0.118. The van der Waals surface area contributed by atoms with Gasteiger partial charge in [-0.1, -0.05) is 84.9 Å². The predicted octanol–water partition coefficient (Wildman–Crippen LogP) is 11.6. The number of halogens is 5. The highest BCUT2D eigenvalue weighted by atomic mass is 79.9. The van der Waals surface area contributed by atoms with E-state index in [0.717, 1.165) is 39.4 Å². The summed E-state index contributed by atoms with van der Waals surface area (Å²) >= 11 is 19.1. The minimum atomic E-state index is -0.417. The summed E-state index contributed by atoms with van der Waals surface area (Å²) in [6.07, 6.45) is 0. The van der Waals surface area contributed by atoms with Crippen LogP contribution >= 0.6 is 79.6 Å². The van der Waals surface area contributed by atoms with Gasteiger partial charge in [0.25, 0.3) is 0 Å². The lowest BCUT2D eigenvalue weighted by Gasteiger charge is -2.45. The molecule has 37 heavy (non-hydrogen) atoms. The molecule has 5 aromatic carbocycles. The second-order valence-electron chi connectivity index (χ2n) is 9.13. The zero-order chi connectivity index (χ0) is 25.5. The normalized spacial score (nSPS) is 14.2. The first-order valence-corrected chi connectivity index (χ1v) is 15.6. The molecule has 0 saturated carbocycles. The molecule has 6 heteroatoms. The molecule has 7 rings (SSSR count). The van der Waals surface area contributed by atoms with Gasteiger partial charge >= 0.3 is 0 Å². The van der Waals surface area contributed by atoms with Gasteiger partial charge in [-0.15, -0.1) is 0 Å². The van der Waals surface area contributed by atoms with Crippen molar-refractivity contribution in [2.24, 2.45) is 0 Å². The molecule has 0 unspecified atom stereocenters. The first kappa shape index (κ1) is 24.3. The third kappa shape index (κ3) is 3.17. The van der Waals surface area contributed by atoms with E-state index in [4.69, 9.17) is 0 Å². The number of fused-ring (bicyclic) bond motifs is 9. The molecule has 0 amide bonds. The van der Waals surface area contributed by atoms with Gasteiger partial charge in [-0.2, -0.15) is 0 Å². The summed E-state index contributed by atoms with van der Waals surface area (Å²) in [6, 6.07) is 35.4. The molecule has 180 valence electrons. The molecular formula is C31H16Br5N. The lowest BCUT2D eigenvalue weighted by molar-refractivity contribution is 0.752. The SMILES string of the molecule is Brc1c(Br)c(Br)c(N2c3ccccc3C3(c4ccccc4-c4ccccc43)c3ccccc32)c(Br)c1Br. The Morgan fingerprint density at radius 3 is 1.22 bits per heavy atom. The van der Waals surface area contributed by atoms with E-state index in [1.165, 1.54) is 33.4 Å². The Hall–Kier alpha value is -1.70. The van der Waals surface area contributed by atoms with Gasteiger partial charge < -0.3 is 4.90 Å². The maximum absolute atomic E-state index is 3.91. The molecule has 5 aromatic rings. The lowest BCUT2D eigenvalue weighted by atomic mass is 9.64. The molecule has 1 heterocycles. The van der Waals surface area contributed by atoms with Gasteiger partial charge in [0.05, 0.1) is 31.4 Å². The third-order valence-corrected chi connectivity index (χ3v) is 13.5. The fourth-order valence-electron chi connectivity index (χ4n) is 6.09. The van der Waals surface area contributed by atoms with Crippen LogP contribution in [0.5, 0.6) is 0 Å². The minimum absolute atomic E-state index is 0.417. The summed E-state index contributed by atoms with van der Waals surface area (Å²) in [6.45, 7) is 0. The smallest absolute Gasteiger partial charge is 0.0769 e. The van der Waals surface area contributed by atoms with E-state index < -0.39 is 5.41 Å². The maximum Gasteiger partial charge on any atom is 0.0769 e. The summed E-state index contributed by atoms with van der Waals surface area (Å²) in [5.74, 6) is 0. The Bertz CT molecular complexity index is 1640. The van der Waals surface area contributed by atoms with E-state index in [-0.39, 0.29) is 0 Å². The van der Waals surface area contributed by atoms with Crippen LogP contribution in [-0.4, -0.2) is 0 Å². The molecule has 1 spiro atoms. The topological polar surface area (TPSA) is 3.24 Å². The molecule has 0 fully saturated rings. The van der Waals surface area contributed by atoms with Gasteiger partial charge in [-0.3, -0.25) is 0 Å². The molecule has 1 nitrogen and oxygen atoms in total. The van der Waals surface area contributed by atoms with Crippen molar-refractivity contribution in [3.05, 3.63) is 142 Å². The number of benzene rings is 5. The number of hydrogen-bond acceptors (Lipinski definition) is 1. The van der Waals surface area contributed by atoms with Crippen molar-refractivity contribution in [2.75, 3.05) is 4.90 Å². The molecule has 1 aliphatic carbocycles. The Balaban J connectivity index is 1.66. The average Bonchev–Trinajstić information content (AvgIpc) is 3.24. The molecule has 0 radical (unpaired) electrons. The van der Waals surface area contributed by atoms with Crippen molar-refractivity contribution >= 4 is 96.7 Å². The van der Waals surface area contributed by atoms with Gasteiger partial charge in [0.2, 0.25) is 0 Å². The fraction of sp³-hybridized carbons (Fsp3) is 0.0323. The van der Waals surface area contributed by atoms with Gasteiger partial charge in [0.1, 0.15) is 0 Å². The van der Waals surface area contributed by atoms with Crippen molar-refractivity contribution in [3.63, 3.8) is 0 Å². The lowest BCUT2D eigenvalue weighted by Crippen LogP contribution is -2.36. The van der Waals surface area contributed by atoms with Crippen LogP contribution in [0, 0.1) is 0 Å². The van der Waals surface area contributed by atoms with Crippen molar-refractivity contribution in [2.45, 2.75) is 5.41 Å². The van der Waals surface area contributed by atoms with Crippen molar-refractivity contribution in [3.8, 4) is 11.1 Å². The van der Waals surface area contributed by atoms with Crippen LogP contribution in [0.2, 0.25) is 0 Å². The number of para-hydroxylation sites is 2. The molecular weight excluding hydrogens is 786 g/mol. The molecule has 0 atom stereocenters. The fourth-order valence-corrected chi connectivity index (χ4v) is 9.47. The summed E-state index contributed by atoms with van der Waals surface area (Å²) in [5.41, 5.74) is 10.7. The summed E-state index contributed by atoms with van der Waals surface area (Å²) in [5, 5.41) is 0. The van der Waals surface area contributed by atoms with Crippen LogP contribution in [-0.2, 0) is 5.41 Å². The standard InChI is InChI=1S/C31H16Br5N/c32-25-26(33)28(35)30(29(36)27(25)34)37-23-15-7-5-13-21(23)31(22-14-6-8-16-24(22)37)19-11-3-1-9-17(19)18-10-2-4-12-20(18)31/h1-16H. The Morgan fingerprint density at radius 2 is 0.757 bits per heavy atom. The first-order chi connectivity index (χ1) is 18.0. The Morgan fingerprint density at radius 1 is 0.405 bits per heavy atom. The van der Waals surface area contributed by atoms with E-state index in [9.17, 15) is 0 Å². The molecule has 0 aromatic heterocycles. The summed E-state index contributed by atoms with van der Waals surface area (Å²) in [4.78, 5) is 2.37. The number of nitrogens with zero attached hydrogens (tertiary/aromatic N) is 1. The summed E-state index contributed by atoms with van der Waals surface area (Å²) < 4.78 is 4.77. The van der Waals surface area contributed by atoms with Gasteiger partial charge in [-0.05, 0) is 125 Å². The predicted molar refractivity (Wildman–Crippen MR) is 170 cm³/mol. The molecule has 0 bridgehead atoms. The highest BCUT2D eigenvalue weighted by Gasteiger charge is 2.51. The minimum Gasteiger partial charge on any atom is -0.307 e. The van der Waals surface area contributed by atoms with Crippen molar-refractivity contribution < 1.29 is 0 Å². The van der Waals surface area contributed by atoms with E-state index in [1.54, 1.807) is 0 Å². The number of anilines is 3. The van der Waals surface area contributed by atoms with Gasteiger partial charge in [0, 0.05) is 13.4 Å². The first-order valence-electron chi connectivity index (χ1n) is 11.7. The highest BCUT2D eigenvalue weighted by Crippen LogP contribution is 2.64. The van der Waals surface area contributed by atoms with Crippen LogP contribution < -0.4 is 4.90 Å². The van der Waals surface area contributed by atoms with Crippen LogP contribution in [0.4, 0.5) is 17.1 Å². The van der Waals surface area contributed by atoms with E-state index in [1.807, 2.05) is 0 Å². The molecule has 0 saturated heterocycles. The zero-order valence-corrected chi connectivity index (χ0v) is 27.0. The maximum atomic E-state index is 3.91. The molecule has 2 aliphatic rings. The third-order valence-electron chi connectivity index (χ3n) is 7.46. The van der Waals surface area contributed by atoms with E-state index >= 15 is 0 Å². The van der Waals surface area contributed by atoms with Crippen molar-refractivity contribution in [1.82, 2.24) is 0 Å². The largest absolute Gasteiger partial charge is 0.307 e. The van der Waals surface area contributed by atoms with Gasteiger partial charge in [0.15, 0.2) is 0 Å². The van der Waals surface area contributed by atoms with Crippen LogP contribution in [0.25, 0.3) is 11.1 Å². The van der Waals surface area contributed by atoms with Crippen LogP contribution in [0.1, 0.15) is 22.3 Å². The zero-order valence-electron chi connectivity index (χ0n) is 19.1. The van der Waals surface area contributed by atoms with Crippen molar-refractivity contribution in [1.29, 1.82) is 0 Å². The molecule has 1 aliphatic heterocycles. The second-order valence-corrected chi connectivity index (χ2v) is 13.1. The summed E-state index contributed by atoms with van der Waals surface area (Å²) in [7, 11) is 0. The number of rotatable bonds is 1. The van der Waals surface area contributed by atoms with Crippen LogP contribution in [0.3, 0.4) is 0 Å². The number of hydrogen-bond donors (Lipinski definition) is 0. The second kappa shape index (κ2) is 8.92.